The van der Waals surface area contributed by atoms with E-state index in [2.05, 4.69) is 15.1 Å². The number of hydrogen-bond acceptors (Lipinski definition) is 5. The number of carbonyl (C=O) groups is 1. The lowest BCUT2D eigenvalue weighted by Crippen LogP contribution is -2.49. The lowest BCUT2D eigenvalue weighted by atomic mass is 10.2. The minimum Gasteiger partial charge on any atom is -0.468 e. The normalized spacial score (nSPS) is 13.5. The highest BCUT2D eigenvalue weighted by molar-refractivity contribution is 5.75. The number of esters is 1. The summed E-state index contributed by atoms with van der Waals surface area (Å²) < 4.78 is 4.80. The summed E-state index contributed by atoms with van der Waals surface area (Å²) in [7, 11) is 7.52. The summed E-state index contributed by atoms with van der Waals surface area (Å²) in [5.41, 5.74) is 0. The molecule has 0 aromatic carbocycles. The predicted octanol–water partition coefficient (Wildman–Crippen LogP) is 0.0194. The van der Waals surface area contributed by atoms with Crippen molar-refractivity contribution in [3.05, 3.63) is 0 Å². The molecule has 0 fully saturated rings. The molecule has 0 saturated heterocycles. The second-order valence-corrected chi connectivity index (χ2v) is 4.96. The van der Waals surface area contributed by atoms with Crippen LogP contribution in [0.2, 0.25) is 0 Å². The highest BCUT2D eigenvalue weighted by Crippen LogP contribution is 1.95. The molecule has 0 spiro atoms. The Kier molecular flexibility index (Phi) is 8.12. The molecule has 0 saturated carbocycles. The molecule has 0 rings (SSSR count). The van der Waals surface area contributed by atoms with E-state index < -0.39 is 0 Å². The van der Waals surface area contributed by atoms with Gasteiger partial charge in [0.15, 0.2) is 0 Å². The molecule has 5 heteroatoms. The van der Waals surface area contributed by atoms with E-state index in [1.807, 2.05) is 35.0 Å². The molecule has 0 heterocycles. The molecule has 0 aromatic rings. The van der Waals surface area contributed by atoms with Crippen LogP contribution in [0.4, 0.5) is 0 Å². The Morgan fingerprint density at radius 2 is 1.82 bits per heavy atom. The molecule has 1 unspecified atom stereocenters. The second kappa shape index (κ2) is 8.44. The molecule has 0 bridgehead atoms. The van der Waals surface area contributed by atoms with E-state index in [1.54, 1.807) is 0 Å². The monoisotopic (exact) mass is 245 g/mol. The van der Waals surface area contributed by atoms with E-state index in [0.717, 1.165) is 13.1 Å². The molecule has 1 atom stereocenters. The Bertz CT molecular complexity index is 220. The van der Waals surface area contributed by atoms with Gasteiger partial charge in [-0.2, -0.15) is 0 Å². The zero-order valence-electron chi connectivity index (χ0n) is 12.0. The standard InChI is InChI=1S/C12H27N3O2/c1-10(2)13-11(12(16)17-6)9-15(5)8-7-14(3)4/h10-11,13H,7-9H2,1-6H3. The van der Waals surface area contributed by atoms with Crippen LogP contribution >= 0.6 is 0 Å². The van der Waals surface area contributed by atoms with E-state index in [9.17, 15) is 4.79 Å². The highest BCUT2D eigenvalue weighted by atomic mass is 16.5. The smallest absolute Gasteiger partial charge is 0.324 e. The summed E-state index contributed by atoms with van der Waals surface area (Å²) in [5, 5.41) is 3.22. The van der Waals surface area contributed by atoms with Gasteiger partial charge in [0, 0.05) is 25.7 Å². The van der Waals surface area contributed by atoms with Gasteiger partial charge in [-0.05, 0) is 21.1 Å². The fourth-order valence-electron chi connectivity index (χ4n) is 1.51. The summed E-state index contributed by atoms with van der Waals surface area (Å²) in [5.74, 6) is -0.199. The van der Waals surface area contributed by atoms with Crippen molar-refractivity contribution in [2.24, 2.45) is 0 Å². The topological polar surface area (TPSA) is 44.8 Å². The van der Waals surface area contributed by atoms with Crippen molar-refractivity contribution >= 4 is 5.97 Å². The third-order valence-corrected chi connectivity index (χ3v) is 2.44. The fourth-order valence-corrected chi connectivity index (χ4v) is 1.51. The molecule has 0 radical (unpaired) electrons. The average molecular weight is 245 g/mol. The van der Waals surface area contributed by atoms with Crippen molar-refractivity contribution in [1.82, 2.24) is 15.1 Å². The number of carbonyl (C=O) groups excluding carboxylic acids is 1. The van der Waals surface area contributed by atoms with Gasteiger partial charge in [-0.25, -0.2) is 0 Å². The first-order valence-electron chi connectivity index (χ1n) is 6.04. The lowest BCUT2D eigenvalue weighted by Gasteiger charge is -2.25. The molecule has 0 aliphatic heterocycles. The minimum absolute atomic E-state index is 0.199. The minimum atomic E-state index is -0.257. The Morgan fingerprint density at radius 3 is 2.24 bits per heavy atom. The van der Waals surface area contributed by atoms with E-state index in [4.69, 9.17) is 4.74 Å². The molecule has 0 aliphatic rings. The third kappa shape index (κ3) is 8.12. The van der Waals surface area contributed by atoms with E-state index >= 15 is 0 Å². The predicted molar refractivity (Wildman–Crippen MR) is 70.1 cm³/mol. The highest BCUT2D eigenvalue weighted by Gasteiger charge is 2.21. The van der Waals surface area contributed by atoms with Gasteiger partial charge in [-0.1, -0.05) is 13.8 Å². The summed E-state index contributed by atoms with van der Waals surface area (Å²) in [4.78, 5) is 15.9. The summed E-state index contributed by atoms with van der Waals surface area (Å²) in [6.07, 6.45) is 0. The number of ether oxygens (including phenoxy) is 1. The first-order valence-corrected chi connectivity index (χ1v) is 6.04. The van der Waals surface area contributed by atoms with Crippen molar-refractivity contribution < 1.29 is 9.53 Å². The summed E-state index contributed by atoms with van der Waals surface area (Å²) >= 11 is 0. The van der Waals surface area contributed by atoms with Crippen LogP contribution in [0, 0.1) is 0 Å². The van der Waals surface area contributed by atoms with Crippen LogP contribution in [-0.2, 0) is 9.53 Å². The van der Waals surface area contributed by atoms with Crippen LogP contribution in [0.3, 0.4) is 0 Å². The third-order valence-electron chi connectivity index (χ3n) is 2.44. The van der Waals surface area contributed by atoms with Crippen molar-refractivity contribution in [2.75, 3.05) is 47.9 Å². The van der Waals surface area contributed by atoms with Gasteiger partial charge in [0.1, 0.15) is 6.04 Å². The second-order valence-electron chi connectivity index (χ2n) is 4.96. The fraction of sp³-hybridized carbons (Fsp3) is 0.917. The number of methoxy groups -OCH3 is 1. The van der Waals surface area contributed by atoms with Gasteiger partial charge >= 0.3 is 5.97 Å². The maximum absolute atomic E-state index is 11.6. The zero-order chi connectivity index (χ0) is 13.4. The molecule has 17 heavy (non-hydrogen) atoms. The Morgan fingerprint density at radius 1 is 1.24 bits per heavy atom. The van der Waals surface area contributed by atoms with Crippen LogP contribution in [-0.4, -0.2) is 75.7 Å². The largest absolute Gasteiger partial charge is 0.468 e. The average Bonchev–Trinajstić information content (AvgIpc) is 2.23. The Hall–Kier alpha value is -0.650. The van der Waals surface area contributed by atoms with Gasteiger partial charge < -0.3 is 19.9 Å². The van der Waals surface area contributed by atoms with Crippen LogP contribution in [0.5, 0.6) is 0 Å². The number of likely N-dealkylation sites (N-methyl/N-ethyl adjacent to an activating group) is 2. The van der Waals surface area contributed by atoms with Crippen molar-refractivity contribution in [2.45, 2.75) is 25.9 Å². The van der Waals surface area contributed by atoms with Crippen molar-refractivity contribution in [3.63, 3.8) is 0 Å². The first kappa shape index (κ1) is 16.4. The van der Waals surface area contributed by atoms with Gasteiger partial charge in [0.25, 0.3) is 0 Å². The molecule has 5 nitrogen and oxygen atoms in total. The Labute approximate surface area is 105 Å². The van der Waals surface area contributed by atoms with Crippen LogP contribution in [0.1, 0.15) is 13.8 Å². The zero-order valence-corrected chi connectivity index (χ0v) is 12.0. The van der Waals surface area contributed by atoms with Crippen molar-refractivity contribution in [3.8, 4) is 0 Å². The Balaban J connectivity index is 4.17. The quantitative estimate of drug-likeness (QED) is 0.611. The molecule has 0 amide bonds. The van der Waals surface area contributed by atoms with Crippen LogP contribution in [0.15, 0.2) is 0 Å². The number of hydrogen-bond donors (Lipinski definition) is 1. The first-order chi connectivity index (χ1) is 7.86. The SMILES string of the molecule is COC(=O)C(CN(C)CCN(C)C)NC(C)C. The molecule has 1 N–H and O–H groups in total. The van der Waals surface area contributed by atoms with E-state index in [-0.39, 0.29) is 18.1 Å². The summed E-state index contributed by atoms with van der Waals surface area (Å²) in [6, 6.07) is 0.00788. The van der Waals surface area contributed by atoms with Crippen LogP contribution < -0.4 is 5.32 Å². The van der Waals surface area contributed by atoms with Crippen LogP contribution in [0.25, 0.3) is 0 Å². The molecular weight excluding hydrogens is 218 g/mol. The molecule has 0 aliphatic carbocycles. The maximum Gasteiger partial charge on any atom is 0.324 e. The van der Waals surface area contributed by atoms with Gasteiger partial charge in [0.05, 0.1) is 7.11 Å². The molecule has 102 valence electrons. The molecule has 0 aromatic heterocycles. The molecular formula is C12H27N3O2. The van der Waals surface area contributed by atoms with E-state index in [0.29, 0.717) is 6.54 Å². The number of nitrogens with zero attached hydrogens (tertiary/aromatic N) is 2. The summed E-state index contributed by atoms with van der Waals surface area (Å²) in [6.45, 7) is 6.62. The number of rotatable bonds is 8. The van der Waals surface area contributed by atoms with Gasteiger partial charge in [-0.15, -0.1) is 0 Å². The van der Waals surface area contributed by atoms with Crippen molar-refractivity contribution in [1.29, 1.82) is 0 Å². The maximum atomic E-state index is 11.6. The van der Waals surface area contributed by atoms with E-state index in [1.165, 1.54) is 7.11 Å². The lowest BCUT2D eigenvalue weighted by molar-refractivity contribution is -0.143. The van der Waals surface area contributed by atoms with Gasteiger partial charge in [-0.3, -0.25) is 4.79 Å². The van der Waals surface area contributed by atoms with Gasteiger partial charge in [0.2, 0.25) is 0 Å². The number of nitrogens with one attached hydrogen (secondary N) is 1.